The van der Waals surface area contributed by atoms with Gasteiger partial charge in [-0.3, -0.25) is 0 Å². The first kappa shape index (κ1) is 11.2. The number of benzene rings is 1. The standard InChI is InChI=1S/C9H6Cl2N2S2/c10-7-3-1-6(2-4-7)5-14-9-13-12-8(11)15-9/h1-4H,5H2. The van der Waals surface area contributed by atoms with E-state index in [1.165, 1.54) is 16.9 Å². The second-order valence-electron chi connectivity index (χ2n) is 2.74. The summed E-state index contributed by atoms with van der Waals surface area (Å²) < 4.78 is 1.36. The molecule has 0 bridgehead atoms. The SMILES string of the molecule is Clc1ccc(CSc2nnc(Cl)s2)cc1. The van der Waals surface area contributed by atoms with Crippen LogP contribution in [0.25, 0.3) is 0 Å². The Balaban J connectivity index is 1.96. The van der Waals surface area contributed by atoms with E-state index in [2.05, 4.69) is 10.2 Å². The molecule has 0 aliphatic carbocycles. The Morgan fingerprint density at radius 1 is 1.13 bits per heavy atom. The van der Waals surface area contributed by atoms with Crippen LogP contribution in [0.2, 0.25) is 9.49 Å². The molecule has 0 saturated heterocycles. The molecule has 2 aromatic rings. The van der Waals surface area contributed by atoms with Gasteiger partial charge in [-0.1, -0.05) is 46.8 Å². The van der Waals surface area contributed by atoms with E-state index in [4.69, 9.17) is 23.2 Å². The Hall–Kier alpha value is -0.290. The molecule has 2 nitrogen and oxygen atoms in total. The van der Waals surface area contributed by atoms with Crippen LogP contribution in [-0.4, -0.2) is 10.2 Å². The van der Waals surface area contributed by atoms with Gasteiger partial charge in [0.15, 0.2) is 4.34 Å². The van der Waals surface area contributed by atoms with Crippen molar-refractivity contribution in [2.24, 2.45) is 0 Å². The number of rotatable bonds is 3. The van der Waals surface area contributed by atoms with E-state index < -0.39 is 0 Å². The Morgan fingerprint density at radius 2 is 1.87 bits per heavy atom. The van der Waals surface area contributed by atoms with Crippen molar-refractivity contribution >= 4 is 46.3 Å². The number of aromatic nitrogens is 2. The first-order chi connectivity index (χ1) is 7.24. The number of halogens is 2. The fraction of sp³-hybridized carbons (Fsp3) is 0.111. The lowest BCUT2D eigenvalue weighted by molar-refractivity contribution is 1.01. The molecule has 6 heteroatoms. The van der Waals surface area contributed by atoms with Crippen molar-refractivity contribution in [2.75, 3.05) is 0 Å². The lowest BCUT2D eigenvalue weighted by Crippen LogP contribution is -1.79. The van der Waals surface area contributed by atoms with Crippen molar-refractivity contribution in [3.8, 4) is 0 Å². The smallest absolute Gasteiger partial charge is 0.130 e. The van der Waals surface area contributed by atoms with Gasteiger partial charge in [0.1, 0.15) is 0 Å². The first-order valence-electron chi connectivity index (χ1n) is 4.10. The predicted octanol–water partition coefficient (Wildman–Crippen LogP) is 4.14. The maximum atomic E-state index is 5.79. The normalized spacial score (nSPS) is 10.5. The highest BCUT2D eigenvalue weighted by atomic mass is 35.5. The van der Waals surface area contributed by atoms with Crippen LogP contribution in [0, 0.1) is 0 Å². The zero-order valence-corrected chi connectivity index (χ0v) is 10.6. The molecule has 1 aromatic carbocycles. The highest BCUT2D eigenvalue weighted by Gasteiger charge is 2.02. The van der Waals surface area contributed by atoms with Crippen molar-refractivity contribution < 1.29 is 0 Å². The van der Waals surface area contributed by atoms with Gasteiger partial charge in [0, 0.05) is 10.8 Å². The molecule has 0 aliphatic rings. The molecule has 1 aromatic heterocycles. The maximum Gasteiger partial charge on any atom is 0.208 e. The number of thioether (sulfide) groups is 1. The molecule has 0 radical (unpaired) electrons. The van der Waals surface area contributed by atoms with Gasteiger partial charge in [0.25, 0.3) is 0 Å². The Labute approximate surface area is 106 Å². The molecule has 0 amide bonds. The zero-order chi connectivity index (χ0) is 10.7. The van der Waals surface area contributed by atoms with Crippen molar-refractivity contribution in [1.82, 2.24) is 10.2 Å². The molecule has 0 atom stereocenters. The number of hydrogen-bond acceptors (Lipinski definition) is 4. The lowest BCUT2D eigenvalue weighted by atomic mass is 10.2. The molecular weight excluding hydrogens is 271 g/mol. The third-order valence-corrected chi connectivity index (χ3v) is 4.13. The van der Waals surface area contributed by atoms with Crippen molar-refractivity contribution in [3.63, 3.8) is 0 Å². The molecule has 1 heterocycles. The fourth-order valence-electron chi connectivity index (χ4n) is 0.977. The van der Waals surface area contributed by atoms with E-state index in [-0.39, 0.29) is 0 Å². The van der Waals surface area contributed by atoms with E-state index in [1.807, 2.05) is 24.3 Å². The van der Waals surface area contributed by atoms with Crippen LogP contribution in [0.1, 0.15) is 5.56 Å². The van der Waals surface area contributed by atoms with Gasteiger partial charge >= 0.3 is 0 Å². The van der Waals surface area contributed by atoms with E-state index in [0.717, 1.165) is 15.1 Å². The van der Waals surface area contributed by atoms with E-state index >= 15 is 0 Å². The number of hydrogen-bond donors (Lipinski definition) is 0. The molecule has 0 unspecified atom stereocenters. The molecule has 0 aliphatic heterocycles. The van der Waals surface area contributed by atoms with Gasteiger partial charge in [-0.25, -0.2) is 0 Å². The lowest BCUT2D eigenvalue weighted by Gasteiger charge is -1.97. The highest BCUT2D eigenvalue weighted by molar-refractivity contribution is 8.00. The van der Waals surface area contributed by atoms with Gasteiger partial charge in [0.05, 0.1) is 0 Å². The molecule has 2 rings (SSSR count). The fourth-order valence-corrected chi connectivity index (χ4v) is 3.04. The first-order valence-corrected chi connectivity index (χ1v) is 6.66. The summed E-state index contributed by atoms with van der Waals surface area (Å²) >= 11 is 14.5. The van der Waals surface area contributed by atoms with Gasteiger partial charge < -0.3 is 0 Å². The Kier molecular flexibility index (Phi) is 3.86. The summed E-state index contributed by atoms with van der Waals surface area (Å²) in [5, 5.41) is 8.41. The third-order valence-electron chi connectivity index (χ3n) is 1.66. The zero-order valence-electron chi connectivity index (χ0n) is 7.48. The van der Waals surface area contributed by atoms with Gasteiger partial charge in [-0.2, -0.15) is 0 Å². The quantitative estimate of drug-likeness (QED) is 0.789. The van der Waals surface area contributed by atoms with Gasteiger partial charge in [-0.05, 0) is 29.3 Å². The summed E-state index contributed by atoms with van der Waals surface area (Å²) in [6.07, 6.45) is 0. The summed E-state index contributed by atoms with van der Waals surface area (Å²) in [5.74, 6) is 0.850. The average molecular weight is 277 g/mol. The summed E-state index contributed by atoms with van der Waals surface area (Å²) in [6.45, 7) is 0. The van der Waals surface area contributed by atoms with Crippen molar-refractivity contribution in [1.29, 1.82) is 0 Å². The second-order valence-corrected chi connectivity index (χ2v) is 5.95. The largest absolute Gasteiger partial charge is 0.208 e. The van der Waals surface area contributed by atoms with Crippen molar-refractivity contribution in [2.45, 2.75) is 10.1 Å². The Bertz CT molecular complexity index is 442. The van der Waals surface area contributed by atoms with E-state index in [0.29, 0.717) is 4.47 Å². The summed E-state index contributed by atoms with van der Waals surface area (Å²) in [4.78, 5) is 0. The molecular formula is C9H6Cl2N2S2. The highest BCUT2D eigenvalue weighted by Crippen LogP contribution is 2.28. The average Bonchev–Trinajstić information content (AvgIpc) is 2.64. The molecule has 0 N–H and O–H groups in total. The van der Waals surface area contributed by atoms with Gasteiger partial charge in [-0.15, -0.1) is 10.2 Å². The molecule has 0 spiro atoms. The molecule has 78 valence electrons. The predicted molar refractivity (Wildman–Crippen MR) is 65.9 cm³/mol. The third kappa shape index (κ3) is 3.34. The van der Waals surface area contributed by atoms with Crippen LogP contribution < -0.4 is 0 Å². The monoisotopic (exact) mass is 276 g/mol. The number of nitrogens with zero attached hydrogens (tertiary/aromatic N) is 2. The summed E-state index contributed by atoms with van der Waals surface area (Å²) in [6, 6.07) is 7.75. The van der Waals surface area contributed by atoms with E-state index in [9.17, 15) is 0 Å². The molecule has 0 saturated carbocycles. The van der Waals surface area contributed by atoms with Crippen LogP contribution in [0.3, 0.4) is 0 Å². The van der Waals surface area contributed by atoms with Crippen molar-refractivity contribution in [3.05, 3.63) is 39.3 Å². The molecule has 15 heavy (non-hydrogen) atoms. The minimum absolute atomic E-state index is 0.480. The second kappa shape index (κ2) is 5.16. The van der Waals surface area contributed by atoms with Crippen LogP contribution in [0.15, 0.2) is 28.6 Å². The van der Waals surface area contributed by atoms with Crippen LogP contribution in [-0.2, 0) is 5.75 Å². The minimum atomic E-state index is 0.480. The van der Waals surface area contributed by atoms with Crippen LogP contribution in [0.4, 0.5) is 0 Å². The van der Waals surface area contributed by atoms with E-state index in [1.54, 1.807) is 11.8 Å². The topological polar surface area (TPSA) is 25.8 Å². The maximum absolute atomic E-state index is 5.79. The summed E-state index contributed by atoms with van der Waals surface area (Å²) in [7, 11) is 0. The summed E-state index contributed by atoms with van der Waals surface area (Å²) in [5.41, 5.74) is 1.20. The van der Waals surface area contributed by atoms with Crippen LogP contribution in [0.5, 0.6) is 0 Å². The Morgan fingerprint density at radius 3 is 2.47 bits per heavy atom. The van der Waals surface area contributed by atoms with Gasteiger partial charge in [0.2, 0.25) is 4.47 Å². The minimum Gasteiger partial charge on any atom is -0.130 e. The van der Waals surface area contributed by atoms with Crippen LogP contribution >= 0.6 is 46.3 Å². The molecule has 0 fully saturated rings.